The Kier molecular flexibility index (Phi) is 4.33. The summed E-state index contributed by atoms with van der Waals surface area (Å²) in [5.74, 6) is -1.18. The van der Waals surface area contributed by atoms with E-state index in [4.69, 9.17) is 5.11 Å². The van der Waals surface area contributed by atoms with E-state index in [9.17, 15) is 9.18 Å². The molecule has 1 N–H and O–H groups in total. The molecule has 0 aliphatic rings. The van der Waals surface area contributed by atoms with Crippen molar-refractivity contribution in [2.24, 2.45) is 0 Å². The minimum absolute atomic E-state index is 0.0242. The van der Waals surface area contributed by atoms with Gasteiger partial charge in [0, 0.05) is 12.2 Å². The largest absolute Gasteiger partial charge is 0.481 e. The summed E-state index contributed by atoms with van der Waals surface area (Å²) in [6.07, 6.45) is 2.58. The number of aromatic nitrogens is 4. The maximum absolute atomic E-state index is 13.8. The summed E-state index contributed by atoms with van der Waals surface area (Å²) in [7, 11) is 0. The first-order valence-corrected chi connectivity index (χ1v) is 6.88. The Morgan fingerprint density at radius 1 is 1.50 bits per heavy atom. The zero-order valence-electron chi connectivity index (χ0n) is 10.9. The van der Waals surface area contributed by atoms with Gasteiger partial charge in [-0.3, -0.25) is 14.3 Å². The third-order valence-corrected chi connectivity index (χ3v) is 3.45. The average Bonchev–Trinajstić information content (AvgIpc) is 2.80. The molecule has 0 amide bonds. The van der Waals surface area contributed by atoms with Crippen LogP contribution in [-0.4, -0.2) is 36.6 Å². The Morgan fingerprint density at radius 2 is 2.25 bits per heavy atom. The number of rotatable bonds is 5. The number of hydrogen-bond acceptors (Lipinski definition) is 5. The molecule has 2 heterocycles. The molecule has 0 aliphatic heterocycles. The van der Waals surface area contributed by atoms with Crippen molar-refractivity contribution in [2.75, 3.05) is 5.75 Å². The smallest absolute Gasteiger partial charge is 0.313 e. The summed E-state index contributed by atoms with van der Waals surface area (Å²) in [4.78, 5) is 14.3. The van der Waals surface area contributed by atoms with E-state index in [0.29, 0.717) is 16.5 Å². The molecule has 0 radical (unpaired) electrons. The SMILES string of the molecule is CC(C)n1c(SCC(=O)O)nnc1-c1ccncc1F. The molecule has 2 rings (SSSR count). The third-order valence-electron chi connectivity index (χ3n) is 2.52. The second kappa shape index (κ2) is 6.00. The fraction of sp³-hybridized carbons (Fsp3) is 0.333. The molecule has 0 fully saturated rings. The van der Waals surface area contributed by atoms with E-state index in [0.717, 1.165) is 18.0 Å². The first-order chi connectivity index (χ1) is 9.50. The molecule has 0 aliphatic carbocycles. The highest BCUT2D eigenvalue weighted by Crippen LogP contribution is 2.28. The summed E-state index contributed by atoms with van der Waals surface area (Å²) in [6.45, 7) is 3.80. The number of carboxylic acids is 1. The van der Waals surface area contributed by atoms with Gasteiger partial charge < -0.3 is 5.11 Å². The first-order valence-electron chi connectivity index (χ1n) is 5.90. The monoisotopic (exact) mass is 296 g/mol. The number of hydrogen-bond donors (Lipinski definition) is 1. The van der Waals surface area contributed by atoms with Crippen molar-refractivity contribution >= 4 is 17.7 Å². The Labute approximate surface area is 119 Å². The Balaban J connectivity index is 2.44. The molecule has 0 spiro atoms. The molecular weight excluding hydrogens is 283 g/mol. The summed E-state index contributed by atoms with van der Waals surface area (Å²) >= 11 is 1.06. The van der Waals surface area contributed by atoms with E-state index in [1.165, 1.54) is 12.3 Å². The van der Waals surface area contributed by atoms with Crippen molar-refractivity contribution in [3.63, 3.8) is 0 Å². The van der Waals surface area contributed by atoms with Gasteiger partial charge in [-0.2, -0.15) is 0 Å². The quantitative estimate of drug-likeness (QED) is 0.852. The van der Waals surface area contributed by atoms with Crippen molar-refractivity contribution in [3.8, 4) is 11.4 Å². The second-order valence-electron chi connectivity index (χ2n) is 4.31. The fourth-order valence-corrected chi connectivity index (χ4v) is 2.49. The van der Waals surface area contributed by atoms with E-state index < -0.39 is 11.8 Å². The predicted molar refractivity (Wildman–Crippen MR) is 72.0 cm³/mol. The summed E-state index contributed by atoms with van der Waals surface area (Å²) in [5, 5.41) is 17.1. The van der Waals surface area contributed by atoms with Crippen molar-refractivity contribution < 1.29 is 14.3 Å². The van der Waals surface area contributed by atoms with Crippen molar-refractivity contribution in [3.05, 3.63) is 24.3 Å². The number of carbonyl (C=O) groups is 1. The van der Waals surface area contributed by atoms with Crippen LogP contribution in [-0.2, 0) is 4.79 Å². The number of thioether (sulfide) groups is 1. The van der Waals surface area contributed by atoms with Gasteiger partial charge in [-0.1, -0.05) is 11.8 Å². The summed E-state index contributed by atoms with van der Waals surface area (Å²) in [6, 6.07) is 1.49. The predicted octanol–water partition coefficient (Wildman–Crippen LogP) is 2.24. The highest BCUT2D eigenvalue weighted by Gasteiger charge is 2.19. The minimum Gasteiger partial charge on any atom is -0.481 e. The molecule has 0 saturated heterocycles. The average molecular weight is 296 g/mol. The molecule has 0 aromatic carbocycles. The molecule has 8 heteroatoms. The lowest BCUT2D eigenvalue weighted by Gasteiger charge is -2.13. The normalized spacial score (nSPS) is 11.0. The summed E-state index contributed by atoms with van der Waals surface area (Å²) in [5.41, 5.74) is 0.295. The van der Waals surface area contributed by atoms with Gasteiger partial charge in [0.05, 0.1) is 17.5 Å². The molecule has 20 heavy (non-hydrogen) atoms. The van der Waals surface area contributed by atoms with Crippen LogP contribution in [0.25, 0.3) is 11.4 Å². The highest BCUT2D eigenvalue weighted by molar-refractivity contribution is 7.99. The van der Waals surface area contributed by atoms with Crippen LogP contribution in [0.15, 0.2) is 23.6 Å². The van der Waals surface area contributed by atoms with Crippen LogP contribution in [0.1, 0.15) is 19.9 Å². The standard InChI is InChI=1S/C12H13FN4O2S/c1-7(2)17-11(8-3-4-14-5-9(8)13)15-16-12(17)20-6-10(18)19/h3-5,7H,6H2,1-2H3,(H,18,19). The lowest BCUT2D eigenvalue weighted by Crippen LogP contribution is -2.07. The Hall–Kier alpha value is -1.96. The molecule has 0 saturated carbocycles. The van der Waals surface area contributed by atoms with E-state index in [2.05, 4.69) is 15.2 Å². The number of halogens is 1. The number of pyridine rings is 1. The van der Waals surface area contributed by atoms with Crippen molar-refractivity contribution in [1.29, 1.82) is 0 Å². The molecule has 6 nitrogen and oxygen atoms in total. The number of nitrogens with zero attached hydrogens (tertiary/aromatic N) is 4. The second-order valence-corrected chi connectivity index (χ2v) is 5.25. The summed E-state index contributed by atoms with van der Waals surface area (Å²) < 4.78 is 15.5. The maximum atomic E-state index is 13.8. The van der Waals surface area contributed by atoms with E-state index >= 15 is 0 Å². The van der Waals surface area contributed by atoms with Gasteiger partial charge in [-0.15, -0.1) is 10.2 Å². The van der Waals surface area contributed by atoms with Crippen LogP contribution < -0.4 is 0 Å². The zero-order valence-corrected chi connectivity index (χ0v) is 11.8. The maximum Gasteiger partial charge on any atom is 0.313 e. The van der Waals surface area contributed by atoms with Crippen molar-refractivity contribution in [2.45, 2.75) is 25.0 Å². The van der Waals surface area contributed by atoms with Crippen LogP contribution >= 0.6 is 11.8 Å². The molecular formula is C12H13FN4O2S. The van der Waals surface area contributed by atoms with Crippen LogP contribution in [0.2, 0.25) is 0 Å². The van der Waals surface area contributed by atoms with Gasteiger partial charge in [-0.25, -0.2) is 4.39 Å². The van der Waals surface area contributed by atoms with Gasteiger partial charge in [-0.05, 0) is 19.9 Å². The molecule has 106 valence electrons. The van der Waals surface area contributed by atoms with E-state index in [1.807, 2.05) is 13.8 Å². The molecule has 2 aromatic rings. The van der Waals surface area contributed by atoms with Crippen LogP contribution in [0.4, 0.5) is 4.39 Å². The Bertz CT molecular complexity index is 630. The van der Waals surface area contributed by atoms with Gasteiger partial charge in [0.15, 0.2) is 16.8 Å². The van der Waals surface area contributed by atoms with Gasteiger partial charge in [0.1, 0.15) is 0 Å². The lowest BCUT2D eigenvalue weighted by molar-refractivity contribution is -0.133. The van der Waals surface area contributed by atoms with E-state index in [1.54, 1.807) is 4.57 Å². The molecule has 0 unspecified atom stereocenters. The lowest BCUT2D eigenvalue weighted by atomic mass is 10.2. The molecule has 2 aromatic heterocycles. The zero-order chi connectivity index (χ0) is 14.7. The van der Waals surface area contributed by atoms with Crippen LogP contribution in [0, 0.1) is 5.82 Å². The molecule has 0 bridgehead atoms. The third kappa shape index (κ3) is 2.96. The van der Waals surface area contributed by atoms with E-state index in [-0.39, 0.29) is 11.8 Å². The Morgan fingerprint density at radius 3 is 2.85 bits per heavy atom. The van der Waals surface area contributed by atoms with Gasteiger partial charge in [0.25, 0.3) is 0 Å². The molecule has 0 atom stereocenters. The number of carboxylic acid groups (broad SMARTS) is 1. The topological polar surface area (TPSA) is 80.9 Å². The van der Waals surface area contributed by atoms with Gasteiger partial charge >= 0.3 is 5.97 Å². The minimum atomic E-state index is -0.940. The first kappa shape index (κ1) is 14.4. The van der Waals surface area contributed by atoms with Gasteiger partial charge in [0.2, 0.25) is 0 Å². The van der Waals surface area contributed by atoms with Crippen LogP contribution in [0.3, 0.4) is 0 Å². The number of aliphatic carboxylic acids is 1. The fourth-order valence-electron chi connectivity index (χ4n) is 1.71. The highest BCUT2D eigenvalue weighted by atomic mass is 32.2. The van der Waals surface area contributed by atoms with Crippen LogP contribution in [0.5, 0.6) is 0 Å². The van der Waals surface area contributed by atoms with Crippen molar-refractivity contribution in [1.82, 2.24) is 19.7 Å².